The van der Waals surface area contributed by atoms with Crippen LogP contribution < -0.4 is 0 Å². The van der Waals surface area contributed by atoms with E-state index >= 15 is 0 Å². The molecule has 0 saturated carbocycles. The highest BCUT2D eigenvalue weighted by Crippen LogP contribution is 2.53. The summed E-state index contributed by atoms with van der Waals surface area (Å²) in [5.74, 6) is -2.82. The van der Waals surface area contributed by atoms with Crippen LogP contribution in [0.2, 0.25) is 0 Å². The number of benzene rings is 1. The van der Waals surface area contributed by atoms with E-state index in [1.165, 1.54) is 20.1 Å². The first-order chi connectivity index (χ1) is 16.7. The average molecular weight is 531 g/mol. The van der Waals surface area contributed by atoms with Crippen LogP contribution in [0.25, 0.3) is 0 Å². The molecule has 2 unspecified atom stereocenters. The summed E-state index contributed by atoms with van der Waals surface area (Å²) in [5, 5.41) is 10.3. The number of methoxy groups -OCH3 is 1. The Morgan fingerprint density at radius 1 is 1.11 bits per heavy atom. The smallest absolute Gasteiger partial charge is 0.430 e. The third kappa shape index (κ3) is 6.51. The summed E-state index contributed by atoms with van der Waals surface area (Å²) in [6.45, 7) is 3.78. The zero-order valence-corrected chi connectivity index (χ0v) is 20.4. The summed E-state index contributed by atoms with van der Waals surface area (Å²) in [6, 6.07) is 4.93. The molecule has 1 aliphatic heterocycles. The maximum Gasteiger partial charge on any atom is 0.430 e. The number of ether oxygens (including phenoxy) is 4. The summed E-state index contributed by atoms with van der Waals surface area (Å²) < 4.78 is 104. The highest BCUT2D eigenvalue weighted by Gasteiger charge is 2.73. The minimum Gasteiger partial charge on any atom is -0.464 e. The molecule has 1 fully saturated rings. The van der Waals surface area contributed by atoms with Crippen LogP contribution in [-0.4, -0.2) is 62.2 Å². The molecule has 36 heavy (non-hydrogen) atoms. The highest BCUT2D eigenvalue weighted by molar-refractivity contribution is 5.74. The van der Waals surface area contributed by atoms with Crippen LogP contribution in [0.15, 0.2) is 30.3 Å². The summed E-state index contributed by atoms with van der Waals surface area (Å²) in [7, 11) is 1.38. The van der Waals surface area contributed by atoms with Gasteiger partial charge in [-0.05, 0) is 25.2 Å². The van der Waals surface area contributed by atoms with Crippen molar-refractivity contribution >= 4 is 5.97 Å². The molecular formula is C24H32F6O6. The molecule has 0 radical (unpaired) electrons. The molecule has 1 saturated heterocycles. The van der Waals surface area contributed by atoms with Crippen LogP contribution in [0.3, 0.4) is 0 Å². The second-order valence-electron chi connectivity index (χ2n) is 9.01. The van der Waals surface area contributed by atoms with Gasteiger partial charge in [0.1, 0.15) is 0 Å². The fraction of sp³-hybridized carbons (Fsp3) is 0.708. The van der Waals surface area contributed by atoms with Crippen LogP contribution in [0.5, 0.6) is 0 Å². The zero-order valence-electron chi connectivity index (χ0n) is 20.4. The summed E-state index contributed by atoms with van der Waals surface area (Å²) in [4.78, 5) is 12.0. The molecule has 2 rings (SSSR count). The normalized spacial score (nSPS) is 23.8. The Hall–Kier alpha value is -1.89. The van der Waals surface area contributed by atoms with Gasteiger partial charge in [0.25, 0.3) is 5.60 Å². The fourth-order valence-electron chi connectivity index (χ4n) is 4.54. The Morgan fingerprint density at radius 3 is 2.19 bits per heavy atom. The molecule has 1 aromatic rings. The molecule has 0 amide bonds. The topological polar surface area (TPSA) is 74.2 Å². The number of carbonyl (C=O) groups is 1. The van der Waals surface area contributed by atoms with E-state index in [2.05, 4.69) is 0 Å². The van der Waals surface area contributed by atoms with Crippen molar-refractivity contribution < 1.29 is 55.2 Å². The van der Waals surface area contributed by atoms with Crippen molar-refractivity contribution in [3.8, 4) is 0 Å². The SMILES string of the molecule is CCOC(=O)C(O)C(C)[C@H]1O[C@@H](OC)C[C@H]1C[C@@H](C)COC(c1ccccc1)(C(F)(F)F)C(F)(F)F. The quantitative estimate of drug-likeness (QED) is 0.321. The Balaban J connectivity index is 2.22. The number of alkyl halides is 6. The van der Waals surface area contributed by atoms with Gasteiger partial charge in [0.05, 0.1) is 19.3 Å². The molecule has 206 valence electrons. The molecule has 1 aliphatic rings. The third-order valence-electron chi connectivity index (χ3n) is 6.34. The predicted molar refractivity (Wildman–Crippen MR) is 116 cm³/mol. The van der Waals surface area contributed by atoms with Crippen LogP contribution in [0.1, 0.15) is 39.2 Å². The van der Waals surface area contributed by atoms with Crippen molar-refractivity contribution in [3.63, 3.8) is 0 Å². The molecule has 0 aliphatic carbocycles. The van der Waals surface area contributed by atoms with Crippen molar-refractivity contribution in [2.45, 2.75) is 70.1 Å². The van der Waals surface area contributed by atoms with Gasteiger partial charge in [-0.1, -0.05) is 44.2 Å². The molecular weight excluding hydrogens is 498 g/mol. The Kier molecular flexibility index (Phi) is 10.2. The lowest BCUT2D eigenvalue weighted by atomic mass is 9.83. The van der Waals surface area contributed by atoms with Gasteiger partial charge in [-0.15, -0.1) is 0 Å². The van der Waals surface area contributed by atoms with E-state index in [0.29, 0.717) is 0 Å². The van der Waals surface area contributed by atoms with Crippen LogP contribution >= 0.6 is 0 Å². The van der Waals surface area contributed by atoms with Gasteiger partial charge in [0.15, 0.2) is 12.4 Å². The maximum atomic E-state index is 14.0. The van der Waals surface area contributed by atoms with Crippen LogP contribution in [0.4, 0.5) is 26.3 Å². The van der Waals surface area contributed by atoms with Gasteiger partial charge in [-0.2, -0.15) is 26.3 Å². The lowest BCUT2D eigenvalue weighted by Gasteiger charge is -2.38. The largest absolute Gasteiger partial charge is 0.464 e. The lowest BCUT2D eigenvalue weighted by molar-refractivity contribution is -0.391. The first-order valence-corrected chi connectivity index (χ1v) is 11.5. The molecule has 12 heteroatoms. The summed E-state index contributed by atoms with van der Waals surface area (Å²) in [6.07, 6.45) is -14.2. The monoisotopic (exact) mass is 530 g/mol. The Morgan fingerprint density at radius 2 is 1.69 bits per heavy atom. The summed E-state index contributed by atoms with van der Waals surface area (Å²) >= 11 is 0. The number of aliphatic hydroxyl groups is 1. The maximum absolute atomic E-state index is 14.0. The predicted octanol–water partition coefficient (Wildman–Crippen LogP) is 4.99. The molecule has 0 aromatic heterocycles. The third-order valence-corrected chi connectivity index (χ3v) is 6.34. The van der Waals surface area contributed by atoms with E-state index < -0.39 is 72.3 Å². The van der Waals surface area contributed by atoms with Gasteiger partial charge >= 0.3 is 18.3 Å². The second-order valence-corrected chi connectivity index (χ2v) is 9.01. The number of rotatable bonds is 11. The highest BCUT2D eigenvalue weighted by atomic mass is 19.4. The van der Waals surface area contributed by atoms with Gasteiger partial charge in [0.2, 0.25) is 0 Å². The van der Waals surface area contributed by atoms with Gasteiger partial charge in [0, 0.05) is 25.0 Å². The molecule has 1 N–H and O–H groups in total. The number of hydrogen-bond acceptors (Lipinski definition) is 6. The fourth-order valence-corrected chi connectivity index (χ4v) is 4.54. The number of carbonyl (C=O) groups excluding carboxylic acids is 1. The average Bonchev–Trinajstić information content (AvgIpc) is 3.20. The number of halogens is 6. The number of esters is 1. The van der Waals surface area contributed by atoms with Gasteiger partial charge in [-0.25, -0.2) is 4.79 Å². The Labute approximate surface area is 205 Å². The van der Waals surface area contributed by atoms with E-state index in [4.69, 9.17) is 18.9 Å². The molecule has 1 aromatic carbocycles. The van der Waals surface area contributed by atoms with Crippen molar-refractivity contribution in [2.24, 2.45) is 17.8 Å². The van der Waals surface area contributed by atoms with Crippen molar-refractivity contribution in [1.82, 2.24) is 0 Å². The molecule has 1 heterocycles. The zero-order chi connectivity index (χ0) is 27.3. The number of aliphatic hydroxyl groups excluding tert-OH is 1. The minimum absolute atomic E-state index is 0.0498. The van der Waals surface area contributed by atoms with Crippen LogP contribution in [0, 0.1) is 17.8 Å². The summed E-state index contributed by atoms with van der Waals surface area (Å²) in [5.41, 5.74) is -5.56. The van der Waals surface area contributed by atoms with Crippen molar-refractivity contribution in [2.75, 3.05) is 20.3 Å². The van der Waals surface area contributed by atoms with Crippen molar-refractivity contribution in [3.05, 3.63) is 35.9 Å². The van der Waals surface area contributed by atoms with E-state index in [1.807, 2.05) is 0 Å². The molecule has 0 bridgehead atoms. The molecule has 6 nitrogen and oxygen atoms in total. The van der Waals surface area contributed by atoms with Gasteiger partial charge in [-0.3, -0.25) is 0 Å². The Bertz CT molecular complexity index is 817. The van der Waals surface area contributed by atoms with E-state index in [9.17, 15) is 36.2 Å². The lowest BCUT2D eigenvalue weighted by Crippen LogP contribution is -2.56. The standard InChI is InChI=1S/C24H32F6O6/c1-5-34-21(32)19(31)15(3)20-16(12-18(33-4)36-20)11-14(2)13-35-22(23(25,26)27,24(28,29)30)17-9-7-6-8-10-17/h6-10,14-16,18-20,31H,5,11-13H2,1-4H3/t14-,15?,16-,18-,19?,20-/m1/s1. The van der Waals surface area contributed by atoms with Crippen molar-refractivity contribution in [1.29, 1.82) is 0 Å². The van der Waals surface area contributed by atoms with E-state index in [1.54, 1.807) is 13.8 Å². The minimum atomic E-state index is -5.77. The number of hydrogen-bond donors (Lipinski definition) is 1. The first-order valence-electron chi connectivity index (χ1n) is 11.5. The molecule has 0 spiro atoms. The van der Waals surface area contributed by atoms with Crippen LogP contribution in [-0.2, 0) is 29.3 Å². The second kappa shape index (κ2) is 12.1. The molecule has 6 atom stereocenters. The van der Waals surface area contributed by atoms with E-state index in [0.717, 1.165) is 24.3 Å². The van der Waals surface area contributed by atoms with E-state index in [-0.39, 0.29) is 19.4 Å². The first kappa shape index (κ1) is 30.3. The van der Waals surface area contributed by atoms with Gasteiger partial charge < -0.3 is 24.1 Å².